The second-order valence-electron chi connectivity index (χ2n) is 6.76. The normalized spacial score (nSPS) is 16.0. The molecule has 1 aromatic carbocycles. The molecular weight excluding hydrogens is 357 g/mol. The molecule has 6 nitrogen and oxygen atoms in total. The number of morpholine rings is 1. The van der Waals surface area contributed by atoms with Gasteiger partial charge in [0.1, 0.15) is 5.82 Å². The van der Waals surface area contributed by atoms with Gasteiger partial charge < -0.3 is 9.64 Å². The summed E-state index contributed by atoms with van der Waals surface area (Å²) in [7, 11) is 0. The zero-order valence-corrected chi connectivity index (χ0v) is 15.2. The zero-order chi connectivity index (χ0) is 18.9. The molecule has 2 aliphatic rings. The number of hydrogen-bond acceptors (Lipinski definition) is 6. The van der Waals surface area contributed by atoms with Crippen molar-refractivity contribution in [2.75, 3.05) is 31.2 Å². The number of rotatable bonds is 3. The van der Waals surface area contributed by atoms with E-state index in [0.29, 0.717) is 12.4 Å². The van der Waals surface area contributed by atoms with Gasteiger partial charge in [0.25, 0.3) is 0 Å². The molecule has 0 unspecified atom stereocenters. The fraction of sp³-hybridized carbons (Fsp3) is 0.238. The molecule has 0 amide bonds. The van der Waals surface area contributed by atoms with Gasteiger partial charge in [-0.15, -0.1) is 0 Å². The summed E-state index contributed by atoms with van der Waals surface area (Å²) in [5.41, 5.74) is 5.04. The number of halogens is 1. The van der Waals surface area contributed by atoms with Crippen LogP contribution in [0.5, 0.6) is 0 Å². The van der Waals surface area contributed by atoms with Crippen molar-refractivity contribution in [1.82, 2.24) is 15.0 Å². The Labute approximate surface area is 161 Å². The summed E-state index contributed by atoms with van der Waals surface area (Å²) in [5, 5.41) is 0. The van der Waals surface area contributed by atoms with E-state index in [4.69, 9.17) is 9.73 Å². The van der Waals surface area contributed by atoms with E-state index in [1.54, 1.807) is 0 Å². The van der Waals surface area contributed by atoms with E-state index in [1.807, 2.05) is 30.5 Å². The standard InChI is InChI=1S/C21H18FN5O/c22-17-12-25-21(26-13-17)15-1-2-16-11-24-20(18(16)9-15)14-3-4-23-19(10-14)27-5-7-28-8-6-27/h1-4,9-10,12-13H,5-8,11H2. The molecular formula is C21H18FN5O. The maximum atomic E-state index is 13.1. The van der Waals surface area contributed by atoms with Crippen LogP contribution in [0.3, 0.4) is 0 Å². The molecule has 1 fully saturated rings. The van der Waals surface area contributed by atoms with Gasteiger partial charge in [-0.3, -0.25) is 4.99 Å². The highest BCUT2D eigenvalue weighted by Crippen LogP contribution is 2.28. The summed E-state index contributed by atoms with van der Waals surface area (Å²) < 4.78 is 18.6. The van der Waals surface area contributed by atoms with Gasteiger partial charge in [-0.1, -0.05) is 12.1 Å². The second-order valence-corrected chi connectivity index (χ2v) is 6.76. The van der Waals surface area contributed by atoms with Gasteiger partial charge in [0.05, 0.1) is 37.9 Å². The van der Waals surface area contributed by atoms with Gasteiger partial charge in [-0.05, 0) is 23.8 Å². The molecule has 5 rings (SSSR count). The Morgan fingerprint density at radius 3 is 2.57 bits per heavy atom. The van der Waals surface area contributed by atoms with Crippen LogP contribution in [-0.2, 0) is 11.3 Å². The van der Waals surface area contributed by atoms with Crippen LogP contribution >= 0.6 is 0 Å². The Balaban J connectivity index is 1.49. The highest BCUT2D eigenvalue weighted by Gasteiger charge is 2.20. The van der Waals surface area contributed by atoms with E-state index in [0.717, 1.165) is 60.1 Å². The predicted molar refractivity (Wildman–Crippen MR) is 104 cm³/mol. The third-order valence-corrected chi connectivity index (χ3v) is 5.01. The molecule has 7 heteroatoms. The van der Waals surface area contributed by atoms with Crippen LogP contribution in [0.25, 0.3) is 11.4 Å². The van der Waals surface area contributed by atoms with E-state index < -0.39 is 5.82 Å². The van der Waals surface area contributed by atoms with Crippen molar-refractivity contribution in [3.63, 3.8) is 0 Å². The number of hydrogen-bond donors (Lipinski definition) is 0. The van der Waals surface area contributed by atoms with E-state index in [1.165, 1.54) is 12.4 Å². The number of aromatic nitrogens is 3. The third-order valence-electron chi connectivity index (χ3n) is 5.01. The highest BCUT2D eigenvalue weighted by molar-refractivity contribution is 6.15. The summed E-state index contributed by atoms with van der Waals surface area (Å²) >= 11 is 0. The second kappa shape index (κ2) is 7.09. The van der Waals surface area contributed by atoms with Gasteiger partial charge >= 0.3 is 0 Å². The van der Waals surface area contributed by atoms with Crippen LogP contribution in [-0.4, -0.2) is 47.0 Å². The molecule has 2 aliphatic heterocycles. The lowest BCUT2D eigenvalue weighted by molar-refractivity contribution is 0.122. The Morgan fingerprint density at radius 2 is 1.75 bits per heavy atom. The summed E-state index contributed by atoms with van der Waals surface area (Å²) in [4.78, 5) is 19.7. The van der Waals surface area contributed by atoms with Crippen LogP contribution in [0.2, 0.25) is 0 Å². The Hall–Kier alpha value is -3.19. The summed E-state index contributed by atoms with van der Waals surface area (Å²) in [5.74, 6) is 0.994. The smallest absolute Gasteiger partial charge is 0.159 e. The SMILES string of the molecule is Fc1cnc(-c2ccc3c(c2)C(c2ccnc(N4CCOCC4)c2)=NC3)nc1. The van der Waals surface area contributed by atoms with Crippen molar-refractivity contribution in [2.24, 2.45) is 4.99 Å². The molecule has 140 valence electrons. The first kappa shape index (κ1) is 16.9. The lowest BCUT2D eigenvalue weighted by Crippen LogP contribution is -2.36. The predicted octanol–water partition coefficient (Wildman–Crippen LogP) is 2.87. The Morgan fingerprint density at radius 1 is 0.929 bits per heavy atom. The van der Waals surface area contributed by atoms with Gasteiger partial charge in [0, 0.05) is 36.0 Å². The van der Waals surface area contributed by atoms with Crippen LogP contribution in [0.4, 0.5) is 10.2 Å². The molecule has 0 radical (unpaired) electrons. The molecule has 3 aromatic rings. The number of aliphatic imine (C=N–C) groups is 1. The average molecular weight is 375 g/mol. The lowest BCUT2D eigenvalue weighted by Gasteiger charge is -2.28. The van der Waals surface area contributed by atoms with Crippen molar-refractivity contribution in [2.45, 2.75) is 6.54 Å². The quantitative estimate of drug-likeness (QED) is 0.704. The van der Waals surface area contributed by atoms with Gasteiger partial charge in [0.15, 0.2) is 11.6 Å². The molecule has 0 atom stereocenters. The third kappa shape index (κ3) is 3.14. The minimum atomic E-state index is -0.445. The van der Waals surface area contributed by atoms with Crippen LogP contribution < -0.4 is 4.90 Å². The fourth-order valence-electron chi connectivity index (χ4n) is 3.56. The molecule has 0 bridgehead atoms. The van der Waals surface area contributed by atoms with Crippen molar-refractivity contribution in [1.29, 1.82) is 0 Å². The summed E-state index contributed by atoms with van der Waals surface area (Å²) in [6.07, 6.45) is 4.19. The number of fused-ring (bicyclic) bond motifs is 1. The molecule has 0 saturated carbocycles. The molecule has 2 aromatic heterocycles. The number of pyridine rings is 1. The van der Waals surface area contributed by atoms with E-state index in [2.05, 4.69) is 25.9 Å². The highest BCUT2D eigenvalue weighted by atomic mass is 19.1. The molecule has 4 heterocycles. The lowest BCUT2D eigenvalue weighted by atomic mass is 9.98. The first-order valence-electron chi connectivity index (χ1n) is 9.23. The van der Waals surface area contributed by atoms with Crippen molar-refractivity contribution >= 4 is 11.5 Å². The van der Waals surface area contributed by atoms with Crippen molar-refractivity contribution in [3.05, 3.63) is 71.4 Å². The van der Waals surface area contributed by atoms with Crippen molar-refractivity contribution in [3.8, 4) is 11.4 Å². The summed E-state index contributed by atoms with van der Waals surface area (Å²) in [6.45, 7) is 3.76. The first-order valence-corrected chi connectivity index (χ1v) is 9.23. The van der Waals surface area contributed by atoms with Gasteiger partial charge in [0.2, 0.25) is 0 Å². The van der Waals surface area contributed by atoms with E-state index in [-0.39, 0.29) is 0 Å². The molecule has 28 heavy (non-hydrogen) atoms. The largest absolute Gasteiger partial charge is 0.378 e. The van der Waals surface area contributed by atoms with Crippen molar-refractivity contribution < 1.29 is 9.13 Å². The number of anilines is 1. The van der Waals surface area contributed by atoms with E-state index in [9.17, 15) is 4.39 Å². The number of ether oxygens (including phenoxy) is 1. The zero-order valence-electron chi connectivity index (χ0n) is 15.2. The van der Waals surface area contributed by atoms with E-state index >= 15 is 0 Å². The molecule has 0 N–H and O–H groups in total. The average Bonchev–Trinajstić information content (AvgIpc) is 3.18. The topological polar surface area (TPSA) is 63.5 Å². The van der Waals surface area contributed by atoms with Crippen LogP contribution in [0.1, 0.15) is 16.7 Å². The number of benzene rings is 1. The Kier molecular flexibility index (Phi) is 4.29. The minimum Gasteiger partial charge on any atom is -0.378 e. The fourth-order valence-corrected chi connectivity index (χ4v) is 3.56. The molecule has 0 aliphatic carbocycles. The number of nitrogens with zero attached hydrogens (tertiary/aromatic N) is 5. The monoisotopic (exact) mass is 375 g/mol. The summed E-state index contributed by atoms with van der Waals surface area (Å²) in [6, 6.07) is 10.1. The minimum absolute atomic E-state index is 0.445. The van der Waals surface area contributed by atoms with Gasteiger partial charge in [-0.2, -0.15) is 0 Å². The molecule has 1 saturated heterocycles. The van der Waals surface area contributed by atoms with Crippen LogP contribution in [0.15, 0.2) is 53.9 Å². The maximum Gasteiger partial charge on any atom is 0.159 e. The molecule has 0 spiro atoms. The first-order chi connectivity index (χ1) is 13.8. The Bertz CT molecular complexity index is 1040. The van der Waals surface area contributed by atoms with Gasteiger partial charge in [-0.25, -0.2) is 19.3 Å². The van der Waals surface area contributed by atoms with Crippen LogP contribution in [0, 0.1) is 5.82 Å². The maximum absolute atomic E-state index is 13.1.